The molecule has 0 aromatic heterocycles. The largest absolute Gasteiger partial charge is 0.496 e. The van der Waals surface area contributed by atoms with E-state index in [0.29, 0.717) is 17.5 Å². The van der Waals surface area contributed by atoms with Crippen molar-refractivity contribution >= 4 is 17.7 Å². The maximum absolute atomic E-state index is 12.0. The number of hydrogen-bond donors (Lipinski definition) is 1. The third-order valence-corrected chi connectivity index (χ3v) is 5.38. The number of ether oxygens (including phenoxy) is 2. The van der Waals surface area contributed by atoms with Gasteiger partial charge in [-0.1, -0.05) is 31.0 Å². The summed E-state index contributed by atoms with van der Waals surface area (Å²) < 4.78 is 10.9. The molecule has 1 aromatic rings. The van der Waals surface area contributed by atoms with Crippen LogP contribution in [0.3, 0.4) is 0 Å². The topological polar surface area (TPSA) is 47.6 Å². The molecule has 1 atom stereocenters. The van der Waals surface area contributed by atoms with Crippen molar-refractivity contribution in [3.8, 4) is 5.75 Å². The second-order valence-corrected chi connectivity index (χ2v) is 6.78. The molecule has 1 saturated carbocycles. The van der Waals surface area contributed by atoms with Crippen molar-refractivity contribution in [2.45, 2.75) is 37.0 Å². The smallest absolute Gasteiger partial charge is 0.230 e. The van der Waals surface area contributed by atoms with Crippen LogP contribution in [0.4, 0.5) is 0 Å². The van der Waals surface area contributed by atoms with E-state index in [4.69, 9.17) is 9.47 Å². The molecule has 0 aliphatic heterocycles. The molecule has 122 valence electrons. The summed E-state index contributed by atoms with van der Waals surface area (Å²) in [6.45, 7) is 0.459. The minimum Gasteiger partial charge on any atom is -0.496 e. The van der Waals surface area contributed by atoms with E-state index in [2.05, 4.69) is 5.32 Å². The summed E-state index contributed by atoms with van der Waals surface area (Å²) >= 11 is 1.78. The zero-order valence-electron chi connectivity index (χ0n) is 13.3. The average Bonchev–Trinajstić information content (AvgIpc) is 3.07. The van der Waals surface area contributed by atoms with E-state index in [-0.39, 0.29) is 12.0 Å². The first-order valence-corrected chi connectivity index (χ1v) is 8.83. The Morgan fingerprint density at radius 3 is 2.73 bits per heavy atom. The molecule has 0 bridgehead atoms. The number of para-hydroxylation sites is 1. The first-order valence-electron chi connectivity index (χ1n) is 7.78. The molecule has 1 aliphatic carbocycles. The molecule has 1 aliphatic rings. The summed E-state index contributed by atoms with van der Waals surface area (Å²) in [7, 11) is 3.29. The molecule has 0 saturated heterocycles. The van der Waals surface area contributed by atoms with Gasteiger partial charge in [-0.3, -0.25) is 4.79 Å². The fourth-order valence-corrected chi connectivity index (χ4v) is 3.91. The lowest BCUT2D eigenvalue weighted by atomic mass is 10.1. The van der Waals surface area contributed by atoms with Crippen molar-refractivity contribution in [1.82, 2.24) is 5.32 Å². The van der Waals surface area contributed by atoms with Crippen LogP contribution < -0.4 is 10.1 Å². The Hall–Kier alpha value is -1.20. The van der Waals surface area contributed by atoms with Gasteiger partial charge >= 0.3 is 0 Å². The number of carbonyl (C=O) groups excluding carboxylic acids is 1. The molecule has 1 N–H and O–H groups in total. The predicted octanol–water partition coefficient (Wildman–Crippen LogP) is 3.17. The fraction of sp³-hybridized carbons (Fsp3) is 0.588. The number of hydrogen-bond acceptors (Lipinski definition) is 4. The van der Waals surface area contributed by atoms with Crippen molar-refractivity contribution in [2.24, 2.45) is 0 Å². The third kappa shape index (κ3) is 4.92. The van der Waals surface area contributed by atoms with E-state index in [1.165, 1.54) is 25.7 Å². The van der Waals surface area contributed by atoms with Crippen LogP contribution >= 0.6 is 11.8 Å². The zero-order valence-corrected chi connectivity index (χ0v) is 14.2. The lowest BCUT2D eigenvalue weighted by Gasteiger charge is -2.19. The molecule has 1 amide bonds. The summed E-state index contributed by atoms with van der Waals surface area (Å²) in [6, 6.07) is 7.74. The maximum atomic E-state index is 12.0. The minimum absolute atomic E-state index is 0.0776. The van der Waals surface area contributed by atoms with Gasteiger partial charge in [-0.2, -0.15) is 0 Å². The molecule has 0 spiro atoms. The van der Waals surface area contributed by atoms with Crippen LogP contribution in [0.15, 0.2) is 24.3 Å². The second kappa shape index (κ2) is 9.06. The van der Waals surface area contributed by atoms with Gasteiger partial charge in [-0.05, 0) is 18.9 Å². The van der Waals surface area contributed by atoms with E-state index in [1.807, 2.05) is 24.3 Å². The SMILES string of the molecule is COc1ccccc1[C@H](CNC(=O)CSC1CCCC1)OC. The molecule has 1 fully saturated rings. The van der Waals surface area contributed by atoms with Crippen LogP contribution in [0.5, 0.6) is 5.75 Å². The Kier molecular flexibility index (Phi) is 7.06. The van der Waals surface area contributed by atoms with Gasteiger partial charge < -0.3 is 14.8 Å². The Bertz CT molecular complexity index is 475. The van der Waals surface area contributed by atoms with Gasteiger partial charge in [-0.15, -0.1) is 11.8 Å². The Morgan fingerprint density at radius 1 is 1.32 bits per heavy atom. The van der Waals surface area contributed by atoms with Crippen molar-refractivity contribution in [3.63, 3.8) is 0 Å². The maximum Gasteiger partial charge on any atom is 0.230 e. The first-order chi connectivity index (χ1) is 10.7. The number of benzene rings is 1. The number of amides is 1. The number of carbonyl (C=O) groups is 1. The van der Waals surface area contributed by atoms with Gasteiger partial charge in [0.2, 0.25) is 5.91 Å². The van der Waals surface area contributed by atoms with Crippen molar-refractivity contribution in [2.75, 3.05) is 26.5 Å². The quantitative estimate of drug-likeness (QED) is 0.798. The van der Waals surface area contributed by atoms with Crippen LogP contribution in [-0.2, 0) is 9.53 Å². The highest BCUT2D eigenvalue weighted by atomic mass is 32.2. The molecule has 4 nitrogen and oxygen atoms in total. The van der Waals surface area contributed by atoms with E-state index in [0.717, 1.165) is 11.3 Å². The number of rotatable bonds is 8. The molecule has 0 unspecified atom stereocenters. The highest BCUT2D eigenvalue weighted by Crippen LogP contribution is 2.29. The summed E-state index contributed by atoms with van der Waals surface area (Å²) in [5.74, 6) is 1.39. The normalized spacial score (nSPS) is 16.5. The number of thioether (sulfide) groups is 1. The second-order valence-electron chi connectivity index (χ2n) is 5.49. The van der Waals surface area contributed by atoms with Crippen LogP contribution in [0.2, 0.25) is 0 Å². The van der Waals surface area contributed by atoms with Gasteiger partial charge in [-0.25, -0.2) is 0 Å². The van der Waals surface area contributed by atoms with Gasteiger partial charge in [0.1, 0.15) is 11.9 Å². The zero-order chi connectivity index (χ0) is 15.8. The summed E-state index contributed by atoms with van der Waals surface area (Å²) in [4.78, 5) is 12.0. The van der Waals surface area contributed by atoms with Crippen molar-refractivity contribution in [3.05, 3.63) is 29.8 Å². The van der Waals surface area contributed by atoms with E-state index >= 15 is 0 Å². The fourth-order valence-electron chi connectivity index (χ4n) is 2.76. The number of nitrogens with one attached hydrogen (secondary N) is 1. The Labute approximate surface area is 137 Å². The monoisotopic (exact) mass is 323 g/mol. The number of methoxy groups -OCH3 is 2. The van der Waals surface area contributed by atoms with Crippen LogP contribution in [0.1, 0.15) is 37.4 Å². The van der Waals surface area contributed by atoms with Crippen LogP contribution in [0.25, 0.3) is 0 Å². The van der Waals surface area contributed by atoms with Gasteiger partial charge in [0.25, 0.3) is 0 Å². The van der Waals surface area contributed by atoms with E-state index in [9.17, 15) is 4.79 Å². The lowest BCUT2D eigenvalue weighted by Crippen LogP contribution is -2.31. The molecule has 5 heteroatoms. The van der Waals surface area contributed by atoms with E-state index < -0.39 is 0 Å². The Morgan fingerprint density at radius 2 is 2.05 bits per heavy atom. The molecule has 0 heterocycles. The van der Waals surface area contributed by atoms with Crippen LogP contribution in [-0.4, -0.2) is 37.7 Å². The first kappa shape index (κ1) is 17.2. The average molecular weight is 323 g/mol. The third-order valence-electron chi connectivity index (χ3n) is 4.01. The molecular formula is C17H25NO3S. The minimum atomic E-state index is -0.198. The standard InChI is InChI=1S/C17H25NO3S/c1-20-15-10-6-5-9-14(15)16(21-2)11-18-17(19)12-22-13-7-3-4-8-13/h5-6,9-10,13,16H,3-4,7-8,11-12H2,1-2H3,(H,18,19)/t16-/m0/s1. The summed E-state index contributed by atoms with van der Waals surface area (Å²) in [5.41, 5.74) is 0.955. The Balaban J connectivity index is 1.81. The highest BCUT2D eigenvalue weighted by molar-refractivity contribution is 8.00. The van der Waals surface area contributed by atoms with Gasteiger partial charge in [0, 0.05) is 24.5 Å². The molecule has 22 heavy (non-hydrogen) atoms. The molecule has 0 radical (unpaired) electrons. The van der Waals surface area contributed by atoms with Crippen molar-refractivity contribution < 1.29 is 14.3 Å². The lowest BCUT2D eigenvalue weighted by molar-refractivity contribution is -0.119. The van der Waals surface area contributed by atoms with Crippen LogP contribution in [0, 0.1) is 0 Å². The summed E-state index contributed by atoms with van der Waals surface area (Å²) in [6.07, 6.45) is 4.91. The van der Waals surface area contributed by atoms with Crippen molar-refractivity contribution in [1.29, 1.82) is 0 Å². The molecule has 2 rings (SSSR count). The van der Waals surface area contributed by atoms with Gasteiger partial charge in [0.05, 0.1) is 12.9 Å². The highest BCUT2D eigenvalue weighted by Gasteiger charge is 2.18. The molecule has 1 aromatic carbocycles. The molecular weight excluding hydrogens is 298 g/mol. The van der Waals surface area contributed by atoms with Gasteiger partial charge in [0.15, 0.2) is 0 Å². The predicted molar refractivity (Wildman–Crippen MR) is 90.5 cm³/mol. The summed E-state index contributed by atoms with van der Waals surface area (Å²) in [5, 5.41) is 3.63. The van der Waals surface area contributed by atoms with E-state index in [1.54, 1.807) is 26.0 Å².